The molecule has 1 aromatic heterocycles. The van der Waals surface area contributed by atoms with Crippen molar-refractivity contribution in [2.45, 2.75) is 6.54 Å². The molecular formula is C13H13N5O4. The van der Waals surface area contributed by atoms with Crippen molar-refractivity contribution in [3.05, 3.63) is 41.2 Å². The summed E-state index contributed by atoms with van der Waals surface area (Å²) in [6.45, 7) is -0.301. The molecule has 0 atom stereocenters. The zero-order valence-electron chi connectivity index (χ0n) is 11.6. The largest absolute Gasteiger partial charge is 0.497 e. The molecule has 0 aliphatic heterocycles. The standard InChI is InChI=1S/C13H13N5O4/c1-22-8-4-2-7(3-5-8)9(19)6-18-11(13(15)21)10(12(14)20)16-17-18/h2-5H,6H2,1H3,(H2,14,20)(H2,15,21). The van der Waals surface area contributed by atoms with E-state index in [0.717, 1.165) is 4.68 Å². The van der Waals surface area contributed by atoms with Crippen LogP contribution in [0, 0.1) is 0 Å². The summed E-state index contributed by atoms with van der Waals surface area (Å²) in [5.74, 6) is -1.63. The van der Waals surface area contributed by atoms with Crippen LogP contribution in [0.1, 0.15) is 31.3 Å². The van der Waals surface area contributed by atoms with Gasteiger partial charge in [-0.25, -0.2) is 4.68 Å². The molecule has 2 amide bonds. The second kappa shape index (κ2) is 6.04. The Morgan fingerprint density at radius 3 is 2.27 bits per heavy atom. The van der Waals surface area contributed by atoms with Crippen molar-refractivity contribution >= 4 is 17.6 Å². The molecule has 0 bridgehead atoms. The van der Waals surface area contributed by atoms with E-state index in [2.05, 4.69) is 10.3 Å². The van der Waals surface area contributed by atoms with Crippen LogP contribution in [0.15, 0.2) is 24.3 Å². The Labute approximate surface area is 124 Å². The molecule has 0 fully saturated rings. The van der Waals surface area contributed by atoms with Gasteiger partial charge in [0.1, 0.15) is 12.3 Å². The number of nitrogens with two attached hydrogens (primary N) is 2. The van der Waals surface area contributed by atoms with Crippen molar-refractivity contribution in [3.8, 4) is 5.75 Å². The minimum atomic E-state index is -0.947. The molecular weight excluding hydrogens is 290 g/mol. The minimum Gasteiger partial charge on any atom is -0.497 e. The summed E-state index contributed by atoms with van der Waals surface area (Å²) in [6, 6.07) is 6.38. The molecule has 0 radical (unpaired) electrons. The average molecular weight is 303 g/mol. The maximum absolute atomic E-state index is 12.2. The van der Waals surface area contributed by atoms with E-state index in [9.17, 15) is 14.4 Å². The second-order valence-corrected chi connectivity index (χ2v) is 4.32. The fourth-order valence-corrected chi connectivity index (χ4v) is 1.84. The Hall–Kier alpha value is -3.23. The van der Waals surface area contributed by atoms with E-state index in [1.807, 2.05) is 0 Å². The first-order valence-electron chi connectivity index (χ1n) is 6.14. The van der Waals surface area contributed by atoms with Gasteiger partial charge in [0.05, 0.1) is 7.11 Å². The highest BCUT2D eigenvalue weighted by Gasteiger charge is 2.23. The molecule has 0 spiro atoms. The number of benzene rings is 1. The number of primary amides is 2. The summed E-state index contributed by atoms with van der Waals surface area (Å²) in [6.07, 6.45) is 0. The summed E-state index contributed by atoms with van der Waals surface area (Å²) < 4.78 is 5.95. The summed E-state index contributed by atoms with van der Waals surface area (Å²) in [5.41, 5.74) is 9.97. The van der Waals surface area contributed by atoms with E-state index < -0.39 is 11.8 Å². The number of carbonyl (C=O) groups is 3. The molecule has 1 heterocycles. The number of amides is 2. The van der Waals surface area contributed by atoms with Gasteiger partial charge in [0.2, 0.25) is 0 Å². The third kappa shape index (κ3) is 2.92. The Balaban J connectivity index is 2.28. The average Bonchev–Trinajstić information content (AvgIpc) is 2.91. The van der Waals surface area contributed by atoms with E-state index in [1.165, 1.54) is 7.11 Å². The third-order valence-corrected chi connectivity index (χ3v) is 2.91. The van der Waals surface area contributed by atoms with Crippen molar-refractivity contribution in [2.24, 2.45) is 11.5 Å². The molecule has 0 saturated carbocycles. The second-order valence-electron chi connectivity index (χ2n) is 4.32. The third-order valence-electron chi connectivity index (χ3n) is 2.91. The number of ketones is 1. The smallest absolute Gasteiger partial charge is 0.271 e. The number of ether oxygens (including phenoxy) is 1. The predicted octanol–water partition coefficient (Wildman–Crippen LogP) is -0.633. The van der Waals surface area contributed by atoms with E-state index in [0.29, 0.717) is 11.3 Å². The Kier molecular flexibility index (Phi) is 4.16. The normalized spacial score (nSPS) is 10.2. The van der Waals surface area contributed by atoms with E-state index >= 15 is 0 Å². The van der Waals surface area contributed by atoms with Gasteiger partial charge in [0.15, 0.2) is 17.2 Å². The number of nitrogens with zero attached hydrogens (tertiary/aromatic N) is 3. The lowest BCUT2D eigenvalue weighted by Crippen LogP contribution is -2.25. The van der Waals surface area contributed by atoms with Crippen LogP contribution in [0.3, 0.4) is 0 Å². The molecule has 0 aliphatic rings. The highest BCUT2D eigenvalue weighted by molar-refractivity contribution is 6.04. The van der Waals surface area contributed by atoms with Gasteiger partial charge in [-0.05, 0) is 24.3 Å². The van der Waals surface area contributed by atoms with Gasteiger partial charge in [0.25, 0.3) is 11.8 Å². The number of methoxy groups -OCH3 is 1. The van der Waals surface area contributed by atoms with Crippen molar-refractivity contribution in [2.75, 3.05) is 7.11 Å². The Morgan fingerprint density at radius 2 is 1.77 bits per heavy atom. The van der Waals surface area contributed by atoms with Gasteiger partial charge < -0.3 is 16.2 Å². The van der Waals surface area contributed by atoms with E-state index in [1.54, 1.807) is 24.3 Å². The maximum Gasteiger partial charge on any atom is 0.271 e. The minimum absolute atomic E-state index is 0.297. The van der Waals surface area contributed by atoms with Gasteiger partial charge >= 0.3 is 0 Å². The van der Waals surface area contributed by atoms with Gasteiger partial charge in [-0.2, -0.15) is 0 Å². The first-order chi connectivity index (χ1) is 10.4. The lowest BCUT2D eigenvalue weighted by Gasteiger charge is -2.05. The van der Waals surface area contributed by atoms with Crippen molar-refractivity contribution < 1.29 is 19.1 Å². The SMILES string of the molecule is COc1ccc(C(=O)Cn2nnc(C(N)=O)c2C(N)=O)cc1. The quantitative estimate of drug-likeness (QED) is 0.680. The van der Waals surface area contributed by atoms with Crippen LogP contribution in [0.2, 0.25) is 0 Å². The van der Waals surface area contributed by atoms with Crippen LogP contribution in [0.5, 0.6) is 5.75 Å². The van der Waals surface area contributed by atoms with Gasteiger partial charge in [-0.1, -0.05) is 5.21 Å². The number of hydrogen-bond acceptors (Lipinski definition) is 6. The van der Waals surface area contributed by atoms with Crippen molar-refractivity contribution in [1.29, 1.82) is 0 Å². The van der Waals surface area contributed by atoms with Crippen LogP contribution < -0.4 is 16.2 Å². The zero-order chi connectivity index (χ0) is 16.3. The Morgan fingerprint density at radius 1 is 1.14 bits per heavy atom. The molecule has 4 N–H and O–H groups in total. The highest BCUT2D eigenvalue weighted by atomic mass is 16.5. The monoisotopic (exact) mass is 303 g/mol. The molecule has 0 unspecified atom stereocenters. The topological polar surface area (TPSA) is 143 Å². The van der Waals surface area contributed by atoms with E-state index in [-0.39, 0.29) is 23.7 Å². The molecule has 114 valence electrons. The van der Waals surface area contributed by atoms with Crippen LogP contribution in [-0.2, 0) is 6.54 Å². The van der Waals surface area contributed by atoms with Crippen molar-refractivity contribution in [3.63, 3.8) is 0 Å². The molecule has 9 heteroatoms. The zero-order valence-corrected chi connectivity index (χ0v) is 11.6. The van der Waals surface area contributed by atoms with Crippen LogP contribution in [-0.4, -0.2) is 39.7 Å². The lowest BCUT2D eigenvalue weighted by atomic mass is 10.1. The van der Waals surface area contributed by atoms with Crippen LogP contribution in [0.25, 0.3) is 0 Å². The fourth-order valence-electron chi connectivity index (χ4n) is 1.84. The maximum atomic E-state index is 12.2. The lowest BCUT2D eigenvalue weighted by molar-refractivity contribution is 0.0942. The number of Topliss-reactive ketones (excluding diaryl/α,β-unsaturated/α-hetero) is 1. The Bertz CT molecular complexity index is 735. The van der Waals surface area contributed by atoms with Crippen LogP contribution in [0.4, 0.5) is 0 Å². The first kappa shape index (κ1) is 15.2. The number of carbonyl (C=O) groups excluding carboxylic acids is 3. The van der Waals surface area contributed by atoms with Gasteiger partial charge in [-0.15, -0.1) is 5.10 Å². The molecule has 0 saturated heterocycles. The van der Waals surface area contributed by atoms with Gasteiger partial charge in [0, 0.05) is 5.56 Å². The first-order valence-corrected chi connectivity index (χ1v) is 6.14. The number of aromatic nitrogens is 3. The summed E-state index contributed by atoms with van der Waals surface area (Å²) in [5, 5.41) is 7.05. The predicted molar refractivity (Wildman–Crippen MR) is 74.4 cm³/mol. The molecule has 2 rings (SSSR count). The highest BCUT2D eigenvalue weighted by Crippen LogP contribution is 2.13. The number of hydrogen-bond donors (Lipinski definition) is 2. The van der Waals surface area contributed by atoms with Crippen LogP contribution >= 0.6 is 0 Å². The molecule has 0 aliphatic carbocycles. The summed E-state index contributed by atoms with van der Waals surface area (Å²) in [7, 11) is 1.51. The number of rotatable bonds is 6. The van der Waals surface area contributed by atoms with Gasteiger partial charge in [-0.3, -0.25) is 14.4 Å². The fraction of sp³-hybridized carbons (Fsp3) is 0.154. The molecule has 9 nitrogen and oxygen atoms in total. The molecule has 22 heavy (non-hydrogen) atoms. The van der Waals surface area contributed by atoms with Crippen molar-refractivity contribution in [1.82, 2.24) is 15.0 Å². The molecule has 2 aromatic rings. The molecule has 1 aromatic carbocycles. The summed E-state index contributed by atoms with van der Waals surface area (Å²) in [4.78, 5) is 34.7. The van der Waals surface area contributed by atoms with E-state index in [4.69, 9.17) is 16.2 Å². The summed E-state index contributed by atoms with van der Waals surface area (Å²) >= 11 is 0.